The van der Waals surface area contributed by atoms with E-state index in [0.29, 0.717) is 6.54 Å². The lowest BCUT2D eigenvalue weighted by atomic mass is 9.95. The molecule has 2 nitrogen and oxygen atoms in total. The predicted molar refractivity (Wildman–Crippen MR) is 208 cm³/mol. The molecule has 1 rings (SSSR count). The third-order valence-corrected chi connectivity index (χ3v) is 6.87. The molecule has 46 heavy (non-hydrogen) atoms. The van der Waals surface area contributed by atoms with Crippen molar-refractivity contribution in [3.05, 3.63) is 219 Å². The van der Waals surface area contributed by atoms with Gasteiger partial charge in [-0.1, -0.05) is 156 Å². The van der Waals surface area contributed by atoms with Gasteiger partial charge < -0.3 is 9.80 Å². The first-order valence-corrected chi connectivity index (χ1v) is 15.8. The van der Waals surface area contributed by atoms with E-state index >= 15 is 0 Å². The summed E-state index contributed by atoms with van der Waals surface area (Å²) in [5.74, 6) is 0. The van der Waals surface area contributed by atoms with Gasteiger partial charge in [0.15, 0.2) is 0 Å². The van der Waals surface area contributed by atoms with Gasteiger partial charge in [0.2, 0.25) is 0 Å². The van der Waals surface area contributed by atoms with Crippen molar-refractivity contribution in [1.29, 1.82) is 0 Å². The molecule has 0 atom stereocenters. The molecule has 0 aromatic rings. The van der Waals surface area contributed by atoms with Crippen LogP contribution in [0.2, 0.25) is 0 Å². The minimum absolute atomic E-state index is 0.676. The molecule has 1 aliphatic carbocycles. The number of hydrogen-bond donors (Lipinski definition) is 0. The molecule has 0 unspecified atom stereocenters. The molecule has 0 N–H and O–H groups in total. The highest BCUT2D eigenvalue weighted by atomic mass is 15.1. The second kappa shape index (κ2) is 23.3. The smallest absolute Gasteiger partial charge is 0.0414 e. The van der Waals surface area contributed by atoms with Crippen molar-refractivity contribution < 1.29 is 0 Å². The molecule has 0 fully saturated rings. The molecule has 0 saturated heterocycles. The van der Waals surface area contributed by atoms with Crippen LogP contribution in [0.3, 0.4) is 0 Å². The molecule has 0 radical (unpaired) electrons. The van der Waals surface area contributed by atoms with Gasteiger partial charge >= 0.3 is 0 Å². The van der Waals surface area contributed by atoms with E-state index in [2.05, 4.69) is 105 Å². The second-order valence-electron chi connectivity index (χ2n) is 10.7. The molecule has 0 aliphatic heterocycles. The maximum atomic E-state index is 4.37. The van der Waals surface area contributed by atoms with E-state index < -0.39 is 0 Å². The van der Waals surface area contributed by atoms with Crippen LogP contribution in [0.1, 0.15) is 33.1 Å². The zero-order valence-electron chi connectivity index (χ0n) is 28.5. The van der Waals surface area contributed by atoms with Crippen molar-refractivity contribution in [3.8, 4) is 0 Å². The topological polar surface area (TPSA) is 6.48 Å². The molecule has 2 heteroatoms. The number of nitrogens with zero attached hydrogens (tertiary/aromatic N) is 2. The fraction of sp³-hybridized carbons (Fsp3) is 0.182. The van der Waals surface area contributed by atoms with Gasteiger partial charge in [-0.15, -0.1) is 0 Å². The summed E-state index contributed by atoms with van der Waals surface area (Å²) in [5.41, 5.74) is 7.42. The number of hydrogen-bond acceptors (Lipinski definition) is 2. The molecule has 0 aromatic heterocycles. The van der Waals surface area contributed by atoms with Crippen molar-refractivity contribution in [3.63, 3.8) is 0 Å². The van der Waals surface area contributed by atoms with E-state index in [4.69, 9.17) is 0 Å². The van der Waals surface area contributed by atoms with Crippen LogP contribution in [-0.2, 0) is 0 Å². The molecule has 0 spiro atoms. The van der Waals surface area contributed by atoms with E-state index in [0.717, 1.165) is 65.1 Å². The highest BCUT2D eigenvalue weighted by molar-refractivity contribution is 5.50. The van der Waals surface area contributed by atoms with E-state index in [9.17, 15) is 0 Å². The van der Waals surface area contributed by atoms with Crippen LogP contribution in [0.5, 0.6) is 0 Å². The van der Waals surface area contributed by atoms with Crippen molar-refractivity contribution in [2.24, 2.45) is 0 Å². The Hall–Kier alpha value is -5.08. The minimum atomic E-state index is 0.676. The first-order valence-electron chi connectivity index (χ1n) is 15.8. The molecular weight excluding hydrogens is 556 g/mol. The van der Waals surface area contributed by atoms with Crippen LogP contribution in [0.25, 0.3) is 0 Å². The summed E-state index contributed by atoms with van der Waals surface area (Å²) in [6.45, 7) is 34.7. The summed E-state index contributed by atoms with van der Waals surface area (Å²) in [4.78, 5) is 4.31. The van der Waals surface area contributed by atoms with Gasteiger partial charge in [-0.05, 0) is 84.1 Å². The Morgan fingerprint density at radius 2 is 1.33 bits per heavy atom. The van der Waals surface area contributed by atoms with Gasteiger partial charge in [-0.3, -0.25) is 0 Å². The standard InChI is InChI=1S/C44H54N2/c1-11-14-17-19-21-33-45(10)34-23-20-26-38(5)39(6)29-30-41(8)43-27-24-28-44(36-43)46(35-22-18-15-12-2)42(9)32-31-40(7)37(4)25-16-13-3/h12-23,25-26,28-32,34,36H,3-9,11,24,27,33,35H2,1-2,10H3/b15-12-,17-14-,21-19-,22-18-,25-16-,26-20-,30-29-,32-31-,34-23+. The van der Waals surface area contributed by atoms with Gasteiger partial charge in [-0.2, -0.15) is 0 Å². The first kappa shape index (κ1) is 38.9. The molecule has 0 saturated carbocycles. The van der Waals surface area contributed by atoms with Crippen LogP contribution in [0.4, 0.5) is 0 Å². The summed E-state index contributed by atoms with van der Waals surface area (Å²) in [7, 11) is 2.05. The van der Waals surface area contributed by atoms with Crippen molar-refractivity contribution in [1.82, 2.24) is 9.80 Å². The summed E-state index contributed by atoms with van der Waals surface area (Å²) in [6, 6.07) is 0. The second-order valence-corrected chi connectivity index (χ2v) is 10.7. The Labute approximate surface area is 281 Å². The van der Waals surface area contributed by atoms with E-state index in [1.165, 1.54) is 5.57 Å². The third-order valence-electron chi connectivity index (χ3n) is 6.87. The highest BCUT2D eigenvalue weighted by Gasteiger charge is 2.14. The zero-order valence-corrected chi connectivity index (χ0v) is 28.5. The Balaban J connectivity index is 2.95. The monoisotopic (exact) mass is 610 g/mol. The van der Waals surface area contributed by atoms with E-state index in [1.807, 2.05) is 93.1 Å². The Morgan fingerprint density at radius 3 is 2.00 bits per heavy atom. The number of allylic oxidation sites excluding steroid dienone is 24. The van der Waals surface area contributed by atoms with E-state index in [-0.39, 0.29) is 0 Å². The molecule has 240 valence electrons. The Bertz CT molecular complexity index is 1450. The van der Waals surface area contributed by atoms with Gasteiger partial charge in [0.05, 0.1) is 0 Å². The highest BCUT2D eigenvalue weighted by Crippen LogP contribution is 2.28. The van der Waals surface area contributed by atoms with E-state index in [1.54, 1.807) is 6.08 Å². The molecule has 0 aromatic carbocycles. The molecule has 1 aliphatic rings. The maximum absolute atomic E-state index is 4.37. The molecule has 0 bridgehead atoms. The fourth-order valence-electron chi connectivity index (χ4n) is 4.03. The summed E-state index contributed by atoms with van der Waals surface area (Å²) < 4.78 is 0. The molecule has 0 heterocycles. The summed E-state index contributed by atoms with van der Waals surface area (Å²) in [5, 5.41) is 0. The minimum Gasteiger partial charge on any atom is -0.377 e. The zero-order chi connectivity index (χ0) is 34.2. The number of rotatable bonds is 21. The third kappa shape index (κ3) is 16.1. The van der Waals surface area contributed by atoms with Crippen molar-refractivity contribution >= 4 is 0 Å². The fourth-order valence-corrected chi connectivity index (χ4v) is 4.03. The summed E-state index contributed by atoms with van der Waals surface area (Å²) in [6.07, 6.45) is 45.4. The molecular formula is C44H54N2. The number of likely N-dealkylation sites (N-methyl/N-ethyl adjacent to an activating group) is 1. The lowest BCUT2D eigenvalue weighted by molar-refractivity contribution is 0.498. The normalized spacial score (nSPS) is 14.2. The lowest BCUT2D eigenvalue weighted by Gasteiger charge is -2.28. The average Bonchev–Trinajstić information content (AvgIpc) is 3.06. The van der Waals surface area contributed by atoms with Gasteiger partial charge in [-0.25, -0.2) is 0 Å². The van der Waals surface area contributed by atoms with Crippen molar-refractivity contribution in [2.75, 3.05) is 20.1 Å². The largest absolute Gasteiger partial charge is 0.377 e. The average molecular weight is 611 g/mol. The summed E-state index contributed by atoms with van der Waals surface area (Å²) >= 11 is 0. The van der Waals surface area contributed by atoms with Crippen LogP contribution in [0, 0.1) is 0 Å². The van der Waals surface area contributed by atoms with Crippen LogP contribution in [0.15, 0.2) is 219 Å². The predicted octanol–water partition coefficient (Wildman–Crippen LogP) is 11.7. The van der Waals surface area contributed by atoms with Gasteiger partial charge in [0, 0.05) is 31.5 Å². The Kier molecular flexibility index (Phi) is 19.7. The van der Waals surface area contributed by atoms with Crippen LogP contribution < -0.4 is 0 Å². The quantitative estimate of drug-likeness (QED) is 0.119. The van der Waals surface area contributed by atoms with Gasteiger partial charge in [0.1, 0.15) is 0 Å². The molecule has 0 amide bonds. The van der Waals surface area contributed by atoms with Crippen LogP contribution >= 0.6 is 0 Å². The first-order chi connectivity index (χ1) is 22.1. The van der Waals surface area contributed by atoms with Crippen molar-refractivity contribution in [2.45, 2.75) is 33.1 Å². The van der Waals surface area contributed by atoms with Crippen LogP contribution in [-0.4, -0.2) is 29.9 Å². The maximum Gasteiger partial charge on any atom is 0.0414 e. The van der Waals surface area contributed by atoms with Gasteiger partial charge in [0.25, 0.3) is 0 Å². The SMILES string of the molecule is C=C/C=C\C(=C)C(=C)/C=C\C(=C)N(C/C=C\C=C/C)C1=CCCC(C(=C)/C=C\C(=C)C(=C)/C=C\C=C\N(C)C/C=C\C=C/CC)=C1. The Morgan fingerprint density at radius 1 is 0.717 bits per heavy atom. The lowest BCUT2D eigenvalue weighted by Crippen LogP contribution is -2.21.